The van der Waals surface area contributed by atoms with Crippen molar-refractivity contribution in [1.82, 2.24) is 9.55 Å². The van der Waals surface area contributed by atoms with E-state index in [-0.39, 0.29) is 6.42 Å². The first-order valence-corrected chi connectivity index (χ1v) is 12.1. The summed E-state index contributed by atoms with van der Waals surface area (Å²) in [4.78, 5) is 45.5. The molecule has 0 bridgehead atoms. The Hall–Kier alpha value is -1.36. The highest BCUT2D eigenvalue weighted by atomic mass is 31.2. The number of hydrogen-bond acceptors (Lipinski definition) is 8. The molecule has 0 spiro atoms. The number of phosphoric ester groups is 1. The number of nitrogens with zero attached hydrogens (tertiary/aromatic N) is 1. The van der Waals surface area contributed by atoms with Crippen LogP contribution in [0.4, 0.5) is 0 Å². The van der Waals surface area contributed by atoms with Gasteiger partial charge in [-0.05, 0) is 20.3 Å². The van der Waals surface area contributed by atoms with Gasteiger partial charge in [-0.2, -0.15) is 0 Å². The lowest BCUT2D eigenvalue weighted by Crippen LogP contribution is -2.38. The van der Waals surface area contributed by atoms with Gasteiger partial charge in [-0.1, -0.05) is 6.08 Å². The zero-order valence-corrected chi connectivity index (χ0v) is 18.7. The fourth-order valence-corrected chi connectivity index (χ4v) is 5.04. The van der Waals surface area contributed by atoms with Crippen molar-refractivity contribution in [2.24, 2.45) is 5.92 Å². The fraction of sp³-hybridized carbons (Fsp3) is 0.625. The summed E-state index contributed by atoms with van der Waals surface area (Å²) in [5.41, 5.74) is -1.28. The lowest BCUT2D eigenvalue weighted by atomic mass is 10.1. The second-order valence-corrected chi connectivity index (χ2v) is 10.1. The predicted molar refractivity (Wildman–Crippen MR) is 106 cm³/mol. The minimum absolute atomic E-state index is 0.136. The van der Waals surface area contributed by atoms with E-state index in [1.807, 2.05) is 0 Å². The number of rotatable bonds is 9. The smallest absolute Gasteiger partial charge is 0.377 e. The Morgan fingerprint density at radius 1 is 1.23 bits per heavy atom. The quantitative estimate of drug-likeness (QED) is 0.451. The van der Waals surface area contributed by atoms with E-state index in [1.165, 1.54) is 23.9 Å². The molecule has 14 heteroatoms. The zero-order chi connectivity index (χ0) is 22.7. The Labute approximate surface area is 172 Å². The minimum Gasteiger partial charge on any atom is -0.377 e. The summed E-state index contributed by atoms with van der Waals surface area (Å²) in [5.74, 6) is 0.218. The highest BCUT2D eigenvalue weighted by molar-refractivity contribution is 7.56. The molecule has 0 radical (unpaired) electrons. The molecule has 1 aromatic rings. The topological polar surface area (TPSA) is 166 Å². The lowest BCUT2D eigenvalue weighted by Gasteiger charge is -2.27. The molecule has 1 aromatic heterocycles. The number of methoxy groups -OCH3 is 1. The summed E-state index contributed by atoms with van der Waals surface area (Å²) in [5, 5.41) is 0. The van der Waals surface area contributed by atoms with E-state index in [9.17, 15) is 28.5 Å². The molecule has 2 unspecified atom stereocenters. The van der Waals surface area contributed by atoms with Crippen molar-refractivity contribution in [2.75, 3.05) is 14.2 Å². The molecule has 0 aliphatic heterocycles. The summed E-state index contributed by atoms with van der Waals surface area (Å²) in [6, 6.07) is 0.442. The van der Waals surface area contributed by atoms with Crippen LogP contribution in [0.2, 0.25) is 0 Å². The molecule has 1 saturated carbocycles. The average Bonchev–Trinajstić information content (AvgIpc) is 2.95. The van der Waals surface area contributed by atoms with E-state index in [1.54, 1.807) is 13.8 Å². The summed E-state index contributed by atoms with van der Waals surface area (Å²) in [7, 11) is -6.14. The maximum absolute atomic E-state index is 12.4. The van der Waals surface area contributed by atoms with Crippen LogP contribution in [-0.4, -0.2) is 51.9 Å². The molecule has 30 heavy (non-hydrogen) atoms. The first kappa shape index (κ1) is 24.9. The number of nitrogens with one attached hydrogen (secondary N) is 1. The SMILES string of the molecule is CO[C@@H]1[C@H](OP(=O)(O)OC(C)C)[C@@H](/C=C/P(=O)(O)OC)C[C@H]1n1ccc(=O)[nH]c1=O. The number of phosphoric acid groups is 1. The zero-order valence-electron chi connectivity index (χ0n) is 16.9. The van der Waals surface area contributed by atoms with Crippen LogP contribution >= 0.6 is 15.4 Å². The van der Waals surface area contributed by atoms with Crippen LogP contribution in [0, 0.1) is 5.92 Å². The second kappa shape index (κ2) is 9.84. The van der Waals surface area contributed by atoms with Crippen LogP contribution in [0.25, 0.3) is 0 Å². The summed E-state index contributed by atoms with van der Waals surface area (Å²) < 4.78 is 45.7. The van der Waals surface area contributed by atoms with Crippen molar-refractivity contribution >= 4 is 15.4 Å². The summed E-state index contributed by atoms with van der Waals surface area (Å²) >= 11 is 0. The van der Waals surface area contributed by atoms with Crippen LogP contribution in [0.15, 0.2) is 33.7 Å². The average molecular weight is 468 g/mol. The van der Waals surface area contributed by atoms with E-state index >= 15 is 0 Å². The standard InChI is InChI=1S/C16H26N2O10P2/c1-10(2)27-30(23,24)28-14-11(6-8-29(21,22)26-4)9-12(15(14)25-3)18-7-5-13(19)17-16(18)20/h5-8,10-12,14-15H,9H2,1-4H3,(H,21,22)(H,23,24)(H,17,19,20)/b8-6+/t11-,12+,14+,15-/m0/s1. The van der Waals surface area contributed by atoms with E-state index < -0.39 is 56.9 Å². The van der Waals surface area contributed by atoms with Gasteiger partial charge in [-0.25, -0.2) is 9.36 Å². The van der Waals surface area contributed by atoms with Crippen molar-refractivity contribution in [1.29, 1.82) is 0 Å². The molecule has 2 rings (SSSR count). The van der Waals surface area contributed by atoms with Crippen LogP contribution < -0.4 is 11.2 Å². The number of ether oxygens (including phenoxy) is 1. The Morgan fingerprint density at radius 3 is 2.43 bits per heavy atom. The molecule has 3 N–H and O–H groups in total. The summed E-state index contributed by atoms with van der Waals surface area (Å²) in [6.45, 7) is 3.10. The lowest BCUT2D eigenvalue weighted by molar-refractivity contribution is -0.0248. The number of H-pyrrole nitrogens is 1. The van der Waals surface area contributed by atoms with Gasteiger partial charge < -0.3 is 19.0 Å². The van der Waals surface area contributed by atoms with Crippen molar-refractivity contribution < 1.29 is 37.2 Å². The van der Waals surface area contributed by atoms with Crippen molar-refractivity contribution in [3.63, 3.8) is 0 Å². The molecule has 0 amide bonds. The largest absolute Gasteiger partial charge is 0.472 e. The van der Waals surface area contributed by atoms with Gasteiger partial charge in [0.25, 0.3) is 5.56 Å². The highest BCUT2D eigenvalue weighted by Crippen LogP contribution is 2.52. The van der Waals surface area contributed by atoms with Crippen LogP contribution in [0.5, 0.6) is 0 Å². The van der Waals surface area contributed by atoms with Crippen molar-refractivity contribution in [3.8, 4) is 0 Å². The number of hydrogen-bond donors (Lipinski definition) is 3. The first-order valence-electron chi connectivity index (χ1n) is 9.00. The molecule has 1 heterocycles. The van der Waals surface area contributed by atoms with Crippen molar-refractivity contribution in [3.05, 3.63) is 45.0 Å². The second-order valence-electron chi connectivity index (χ2n) is 6.97. The molecule has 170 valence electrons. The Bertz CT molecular complexity index is 971. The first-order chi connectivity index (χ1) is 13.9. The molecule has 6 atom stereocenters. The van der Waals surface area contributed by atoms with E-state index in [0.717, 1.165) is 19.0 Å². The highest BCUT2D eigenvalue weighted by Gasteiger charge is 2.48. The molecule has 1 aliphatic rings. The molecule has 0 saturated heterocycles. The minimum atomic E-state index is -4.52. The van der Waals surface area contributed by atoms with Gasteiger partial charge in [0.2, 0.25) is 0 Å². The third-order valence-corrected chi connectivity index (χ3v) is 6.77. The fourth-order valence-electron chi connectivity index (χ4n) is 3.31. The van der Waals surface area contributed by atoms with Crippen LogP contribution in [0.3, 0.4) is 0 Å². The maximum atomic E-state index is 12.4. The number of aromatic amines is 1. The van der Waals surface area contributed by atoms with Crippen molar-refractivity contribution in [2.45, 2.75) is 44.6 Å². The van der Waals surface area contributed by atoms with E-state index in [2.05, 4.69) is 9.51 Å². The van der Waals surface area contributed by atoms with E-state index in [4.69, 9.17) is 13.8 Å². The molecular formula is C16H26N2O10P2. The van der Waals surface area contributed by atoms with Gasteiger partial charge in [0.05, 0.1) is 12.1 Å². The third-order valence-electron chi connectivity index (χ3n) is 4.50. The van der Waals surface area contributed by atoms with Gasteiger partial charge in [0.1, 0.15) is 12.2 Å². The molecule has 1 fully saturated rings. The summed E-state index contributed by atoms with van der Waals surface area (Å²) in [6.07, 6.45) is 0.0861. The Morgan fingerprint density at radius 2 is 1.90 bits per heavy atom. The monoisotopic (exact) mass is 468 g/mol. The third kappa shape index (κ3) is 6.32. The molecular weight excluding hydrogens is 442 g/mol. The molecule has 1 aliphatic carbocycles. The molecule has 0 aromatic carbocycles. The maximum Gasteiger partial charge on any atom is 0.472 e. The van der Waals surface area contributed by atoms with Crippen LogP contribution in [-0.2, 0) is 27.4 Å². The molecule has 12 nitrogen and oxygen atoms in total. The van der Waals surface area contributed by atoms with Gasteiger partial charge in [-0.3, -0.25) is 28.0 Å². The van der Waals surface area contributed by atoms with E-state index in [0.29, 0.717) is 0 Å². The normalized spacial score (nSPS) is 28.6. The number of aromatic nitrogens is 2. The van der Waals surface area contributed by atoms with Gasteiger partial charge in [0, 0.05) is 38.2 Å². The van der Waals surface area contributed by atoms with Gasteiger partial charge in [0.15, 0.2) is 0 Å². The van der Waals surface area contributed by atoms with Gasteiger partial charge >= 0.3 is 21.1 Å². The van der Waals surface area contributed by atoms with Crippen LogP contribution in [0.1, 0.15) is 26.3 Å². The Balaban J connectivity index is 2.46. The predicted octanol–water partition coefficient (Wildman–Crippen LogP) is 1.37. The Kier molecular flexibility index (Phi) is 8.17. The van der Waals surface area contributed by atoms with Gasteiger partial charge in [-0.15, -0.1) is 0 Å².